The summed E-state index contributed by atoms with van der Waals surface area (Å²) in [7, 11) is 0. The molecule has 2 aromatic carbocycles. The van der Waals surface area contributed by atoms with Gasteiger partial charge in [-0.25, -0.2) is 0 Å². The fraction of sp³-hybridized carbons (Fsp3) is 0.267. The van der Waals surface area contributed by atoms with Gasteiger partial charge in [0.05, 0.1) is 0 Å². The van der Waals surface area contributed by atoms with Gasteiger partial charge >= 0.3 is 0 Å². The number of carbonyl (C=O) groups excluding carboxylic acids is 1. The molecular weight excluding hydrogens is 228 g/mol. The predicted molar refractivity (Wildman–Crippen MR) is 68.2 cm³/mol. The van der Waals surface area contributed by atoms with Crippen molar-refractivity contribution in [3.63, 3.8) is 0 Å². The van der Waals surface area contributed by atoms with E-state index < -0.39 is 5.97 Å². The first kappa shape index (κ1) is 12.4. The van der Waals surface area contributed by atoms with Gasteiger partial charge < -0.3 is 15.0 Å². The summed E-state index contributed by atoms with van der Waals surface area (Å²) in [6, 6.07) is 11.5. The number of unbranched alkanes of at least 4 members (excludes halogenated alkanes) is 1. The zero-order valence-electron chi connectivity index (χ0n) is 10.1. The lowest BCUT2D eigenvalue weighted by Gasteiger charge is -2.08. The van der Waals surface area contributed by atoms with Crippen molar-refractivity contribution < 1.29 is 15.0 Å². The number of carbonyl (C=O) groups is 1. The molecule has 0 aliphatic rings. The Kier molecular flexibility index (Phi) is 3.82. The maximum Gasteiger partial charge on any atom is 0.126 e. The third-order valence-corrected chi connectivity index (χ3v) is 3.06. The molecule has 3 heteroatoms. The van der Waals surface area contributed by atoms with Gasteiger partial charge in [-0.3, -0.25) is 0 Å². The van der Waals surface area contributed by atoms with Crippen LogP contribution in [0.1, 0.15) is 24.8 Å². The van der Waals surface area contributed by atoms with Crippen LogP contribution in [-0.2, 0) is 11.2 Å². The lowest BCUT2D eigenvalue weighted by molar-refractivity contribution is -0.305. The van der Waals surface area contributed by atoms with Gasteiger partial charge in [-0.1, -0.05) is 36.4 Å². The monoisotopic (exact) mass is 243 g/mol. The van der Waals surface area contributed by atoms with E-state index in [0.717, 1.165) is 22.8 Å². The van der Waals surface area contributed by atoms with Gasteiger partial charge in [0.15, 0.2) is 0 Å². The molecule has 0 bridgehead atoms. The number of carboxylic acid groups (broad SMARTS) is 1. The van der Waals surface area contributed by atoms with Crippen molar-refractivity contribution in [1.82, 2.24) is 0 Å². The summed E-state index contributed by atoms with van der Waals surface area (Å²) in [5.41, 5.74) is 0.868. The molecule has 0 atom stereocenters. The van der Waals surface area contributed by atoms with Crippen LogP contribution in [0.2, 0.25) is 0 Å². The molecule has 1 N–H and O–H groups in total. The molecule has 0 spiro atoms. The maximum atomic E-state index is 10.3. The topological polar surface area (TPSA) is 60.4 Å². The fourth-order valence-corrected chi connectivity index (χ4v) is 2.09. The molecule has 94 valence electrons. The number of carboxylic acids is 1. The first-order valence-corrected chi connectivity index (χ1v) is 6.08. The zero-order valence-corrected chi connectivity index (χ0v) is 10.1. The molecule has 0 aliphatic heterocycles. The van der Waals surface area contributed by atoms with Crippen LogP contribution in [0.5, 0.6) is 5.75 Å². The van der Waals surface area contributed by atoms with Gasteiger partial charge in [0.1, 0.15) is 5.75 Å². The van der Waals surface area contributed by atoms with E-state index in [0.29, 0.717) is 18.6 Å². The van der Waals surface area contributed by atoms with Crippen molar-refractivity contribution in [1.29, 1.82) is 0 Å². The Morgan fingerprint density at radius 3 is 2.67 bits per heavy atom. The van der Waals surface area contributed by atoms with Crippen molar-refractivity contribution in [2.24, 2.45) is 0 Å². The van der Waals surface area contributed by atoms with Crippen LogP contribution in [0.3, 0.4) is 0 Å². The summed E-state index contributed by atoms with van der Waals surface area (Å²) in [5, 5.41) is 22.3. The number of hydrogen-bond acceptors (Lipinski definition) is 3. The average Bonchev–Trinajstić information content (AvgIpc) is 2.37. The van der Waals surface area contributed by atoms with Crippen LogP contribution in [0.4, 0.5) is 0 Å². The standard InChI is InChI=1S/C15H16O3/c16-14(17)8-4-2-6-12-10-9-11-5-1-3-7-13(11)15(12)18/h1,3,5,7,9-10,18H,2,4,6,8H2,(H,16,17)/p-1. The summed E-state index contributed by atoms with van der Waals surface area (Å²) >= 11 is 0. The number of aryl methyl sites for hydroxylation is 1. The first-order valence-electron chi connectivity index (χ1n) is 6.08. The highest BCUT2D eigenvalue weighted by molar-refractivity contribution is 5.89. The number of hydrogen-bond donors (Lipinski definition) is 1. The first-order chi connectivity index (χ1) is 8.68. The van der Waals surface area contributed by atoms with E-state index in [9.17, 15) is 15.0 Å². The van der Waals surface area contributed by atoms with E-state index >= 15 is 0 Å². The van der Waals surface area contributed by atoms with E-state index in [1.807, 2.05) is 36.4 Å². The summed E-state index contributed by atoms with van der Waals surface area (Å²) < 4.78 is 0. The average molecular weight is 243 g/mol. The van der Waals surface area contributed by atoms with Crippen molar-refractivity contribution in [2.75, 3.05) is 0 Å². The normalized spacial score (nSPS) is 10.7. The molecule has 0 saturated heterocycles. The van der Waals surface area contributed by atoms with Gasteiger partial charge in [-0.05, 0) is 36.6 Å². The fourth-order valence-electron chi connectivity index (χ4n) is 2.09. The largest absolute Gasteiger partial charge is 0.550 e. The SMILES string of the molecule is O=C([O-])CCCCc1ccc2ccccc2c1O. The summed E-state index contributed by atoms with van der Waals surface area (Å²) in [4.78, 5) is 10.3. The second-order valence-corrected chi connectivity index (χ2v) is 4.37. The van der Waals surface area contributed by atoms with Gasteiger partial charge in [0.2, 0.25) is 0 Å². The second-order valence-electron chi connectivity index (χ2n) is 4.37. The molecule has 0 fully saturated rings. The second kappa shape index (κ2) is 5.54. The number of aromatic hydroxyl groups is 1. The summed E-state index contributed by atoms with van der Waals surface area (Å²) in [6.45, 7) is 0. The van der Waals surface area contributed by atoms with Crippen LogP contribution in [0.25, 0.3) is 10.8 Å². The van der Waals surface area contributed by atoms with Gasteiger partial charge in [-0.15, -0.1) is 0 Å². The molecular formula is C15H15O3-. The third kappa shape index (κ3) is 2.80. The molecule has 0 radical (unpaired) electrons. The van der Waals surface area contributed by atoms with E-state index in [1.54, 1.807) is 0 Å². The minimum atomic E-state index is -1.02. The van der Waals surface area contributed by atoms with E-state index in [2.05, 4.69) is 0 Å². The predicted octanol–water partition coefficient (Wildman–Crippen LogP) is 2.01. The number of aliphatic carboxylic acids is 1. The van der Waals surface area contributed by atoms with Gasteiger partial charge in [-0.2, -0.15) is 0 Å². The minimum absolute atomic E-state index is 0.0777. The third-order valence-electron chi connectivity index (χ3n) is 3.06. The van der Waals surface area contributed by atoms with E-state index in [-0.39, 0.29) is 6.42 Å². The van der Waals surface area contributed by atoms with Crippen molar-refractivity contribution in [3.05, 3.63) is 42.0 Å². The number of phenols is 1. The van der Waals surface area contributed by atoms with Crippen LogP contribution in [0, 0.1) is 0 Å². The molecule has 0 heterocycles. The van der Waals surface area contributed by atoms with Gasteiger partial charge in [0, 0.05) is 11.4 Å². The molecule has 0 unspecified atom stereocenters. The summed E-state index contributed by atoms with van der Waals surface area (Å²) in [5.74, 6) is -0.709. The van der Waals surface area contributed by atoms with E-state index in [4.69, 9.17) is 0 Å². The highest BCUT2D eigenvalue weighted by Gasteiger charge is 2.05. The van der Waals surface area contributed by atoms with E-state index in [1.165, 1.54) is 0 Å². The zero-order chi connectivity index (χ0) is 13.0. The van der Waals surface area contributed by atoms with Crippen molar-refractivity contribution in [2.45, 2.75) is 25.7 Å². The lowest BCUT2D eigenvalue weighted by Crippen LogP contribution is -2.21. The molecule has 0 aliphatic carbocycles. The lowest BCUT2D eigenvalue weighted by atomic mass is 10.0. The molecule has 0 amide bonds. The summed E-state index contributed by atoms with van der Waals surface area (Å²) in [6.07, 6.45) is 2.08. The van der Waals surface area contributed by atoms with Crippen LogP contribution < -0.4 is 5.11 Å². The Balaban J connectivity index is 2.09. The number of phenolic OH excluding ortho intramolecular Hbond substituents is 1. The smallest absolute Gasteiger partial charge is 0.126 e. The van der Waals surface area contributed by atoms with Crippen LogP contribution in [-0.4, -0.2) is 11.1 Å². The van der Waals surface area contributed by atoms with Gasteiger partial charge in [0.25, 0.3) is 0 Å². The minimum Gasteiger partial charge on any atom is -0.550 e. The molecule has 0 aromatic heterocycles. The molecule has 2 rings (SSSR count). The Morgan fingerprint density at radius 2 is 1.89 bits per heavy atom. The number of benzene rings is 2. The Hall–Kier alpha value is -2.03. The Morgan fingerprint density at radius 1 is 1.11 bits per heavy atom. The molecule has 3 nitrogen and oxygen atoms in total. The maximum absolute atomic E-state index is 10.3. The quantitative estimate of drug-likeness (QED) is 0.817. The number of fused-ring (bicyclic) bond motifs is 1. The highest BCUT2D eigenvalue weighted by Crippen LogP contribution is 2.29. The van der Waals surface area contributed by atoms with Crippen LogP contribution >= 0.6 is 0 Å². The number of rotatable bonds is 5. The molecule has 18 heavy (non-hydrogen) atoms. The Bertz CT molecular complexity index is 561. The highest BCUT2D eigenvalue weighted by atomic mass is 16.4. The molecule has 0 saturated carbocycles. The Labute approximate surface area is 106 Å². The molecule has 2 aromatic rings. The van der Waals surface area contributed by atoms with Crippen LogP contribution in [0.15, 0.2) is 36.4 Å². The van der Waals surface area contributed by atoms with Crippen molar-refractivity contribution >= 4 is 16.7 Å². The van der Waals surface area contributed by atoms with Crippen molar-refractivity contribution in [3.8, 4) is 5.75 Å².